The van der Waals surface area contributed by atoms with Gasteiger partial charge in [-0.25, -0.2) is 0 Å². The first-order valence-corrected chi connectivity index (χ1v) is 21.1. The number of benzene rings is 7. The molecule has 6 nitrogen and oxygen atoms in total. The van der Waals surface area contributed by atoms with Crippen molar-refractivity contribution in [1.29, 1.82) is 10.5 Å². The maximum atomic E-state index is 9.71. The first-order valence-electron chi connectivity index (χ1n) is 21.1. The molecule has 11 rings (SSSR count). The van der Waals surface area contributed by atoms with Gasteiger partial charge in [-0.3, -0.25) is 0 Å². The predicted molar refractivity (Wildman–Crippen MR) is 252 cm³/mol. The van der Waals surface area contributed by atoms with Crippen LogP contribution in [0.15, 0.2) is 200 Å². The SMILES string of the molecule is N#Cc1ccc(N(c2ccc(N(c3ccc(C#N)cc3)C3C=c4c(n(-c5ccccc5)c5ccccc45)=CC3)cc2)c2ccc3c(c2)C2C=CC=CC2N3c2ccccc2)cc1. The topological polar surface area (TPSA) is 62.2 Å². The molecule has 1 aromatic heterocycles. The predicted octanol–water partition coefficient (Wildman–Crippen LogP) is 11.7. The van der Waals surface area contributed by atoms with E-state index in [0.29, 0.717) is 11.1 Å². The molecule has 3 unspecified atom stereocenters. The highest BCUT2D eigenvalue weighted by Crippen LogP contribution is 2.50. The largest absolute Gasteiger partial charge is 0.334 e. The van der Waals surface area contributed by atoms with Gasteiger partial charge in [0.2, 0.25) is 0 Å². The highest BCUT2D eigenvalue weighted by molar-refractivity contribution is 5.87. The van der Waals surface area contributed by atoms with E-state index in [2.05, 4.69) is 207 Å². The zero-order valence-electron chi connectivity index (χ0n) is 33.8. The van der Waals surface area contributed by atoms with Crippen molar-refractivity contribution in [3.63, 3.8) is 0 Å². The first-order chi connectivity index (χ1) is 30.7. The fourth-order valence-corrected chi connectivity index (χ4v) is 9.67. The number of aromatic nitrogens is 1. The van der Waals surface area contributed by atoms with Crippen LogP contribution in [0, 0.1) is 22.7 Å². The Hall–Kier alpha value is -8.32. The molecule has 0 radical (unpaired) electrons. The molecule has 0 fully saturated rings. The van der Waals surface area contributed by atoms with Gasteiger partial charge in [0.05, 0.1) is 40.9 Å². The molecule has 1 aliphatic heterocycles. The van der Waals surface area contributed by atoms with Gasteiger partial charge in [0.25, 0.3) is 0 Å². The molecule has 8 aromatic rings. The van der Waals surface area contributed by atoms with Crippen molar-refractivity contribution in [3.05, 3.63) is 227 Å². The van der Waals surface area contributed by atoms with Gasteiger partial charge in [0.1, 0.15) is 0 Å². The molecule has 2 aliphatic carbocycles. The van der Waals surface area contributed by atoms with Crippen molar-refractivity contribution < 1.29 is 0 Å². The average molecular weight is 797 g/mol. The number of nitrogens with zero attached hydrogens (tertiary/aromatic N) is 6. The maximum absolute atomic E-state index is 9.71. The minimum Gasteiger partial charge on any atom is -0.334 e. The monoisotopic (exact) mass is 796 g/mol. The highest BCUT2D eigenvalue weighted by atomic mass is 15.2. The van der Waals surface area contributed by atoms with E-state index in [4.69, 9.17) is 0 Å². The lowest BCUT2D eigenvalue weighted by atomic mass is 9.91. The Morgan fingerprint density at radius 3 is 1.79 bits per heavy atom. The summed E-state index contributed by atoms with van der Waals surface area (Å²) >= 11 is 0. The molecule has 0 spiro atoms. The van der Waals surface area contributed by atoms with E-state index in [1.165, 1.54) is 38.4 Å². The molecule has 6 heteroatoms. The highest BCUT2D eigenvalue weighted by Gasteiger charge is 2.38. The van der Waals surface area contributed by atoms with Crippen molar-refractivity contribution in [2.45, 2.75) is 24.4 Å². The van der Waals surface area contributed by atoms with Crippen molar-refractivity contribution in [2.24, 2.45) is 0 Å². The van der Waals surface area contributed by atoms with Crippen LogP contribution in [0.4, 0.5) is 39.8 Å². The summed E-state index contributed by atoms with van der Waals surface area (Å²) in [5.74, 6) is 0.201. The van der Waals surface area contributed by atoms with Gasteiger partial charge >= 0.3 is 0 Å². The summed E-state index contributed by atoms with van der Waals surface area (Å²) in [5, 5.41) is 23.0. The lowest BCUT2D eigenvalue weighted by molar-refractivity contribution is 0.745. The van der Waals surface area contributed by atoms with Gasteiger partial charge in [-0.15, -0.1) is 0 Å². The maximum Gasteiger partial charge on any atom is 0.0991 e. The van der Waals surface area contributed by atoms with Gasteiger partial charge in [-0.05, 0) is 133 Å². The number of nitriles is 2. The smallest absolute Gasteiger partial charge is 0.0991 e. The second-order valence-electron chi connectivity index (χ2n) is 15.9. The van der Waals surface area contributed by atoms with Crippen molar-refractivity contribution in [3.8, 4) is 17.8 Å². The van der Waals surface area contributed by atoms with E-state index < -0.39 is 0 Å². The third kappa shape index (κ3) is 6.25. The van der Waals surface area contributed by atoms with Crippen molar-refractivity contribution in [2.75, 3.05) is 14.7 Å². The van der Waals surface area contributed by atoms with E-state index in [9.17, 15) is 10.5 Å². The van der Waals surface area contributed by atoms with Crippen LogP contribution < -0.4 is 25.3 Å². The van der Waals surface area contributed by atoms with Crippen molar-refractivity contribution >= 4 is 62.9 Å². The molecule has 0 saturated carbocycles. The van der Waals surface area contributed by atoms with E-state index in [1.807, 2.05) is 36.4 Å². The fraction of sp³-hybridized carbons (Fsp3) is 0.0714. The Labute approximate surface area is 361 Å². The lowest BCUT2D eigenvalue weighted by Crippen LogP contribution is -2.39. The molecule has 62 heavy (non-hydrogen) atoms. The second-order valence-corrected chi connectivity index (χ2v) is 15.9. The van der Waals surface area contributed by atoms with Crippen molar-refractivity contribution in [1.82, 2.24) is 4.57 Å². The Morgan fingerprint density at radius 1 is 0.548 bits per heavy atom. The Balaban J connectivity index is 1.02. The summed E-state index contributed by atoms with van der Waals surface area (Å²) in [6, 6.07) is 66.0. The van der Waals surface area contributed by atoms with Gasteiger partial charge in [-0.2, -0.15) is 10.5 Å². The number of anilines is 7. The molecule has 7 aromatic carbocycles. The summed E-state index contributed by atoms with van der Waals surface area (Å²) in [7, 11) is 0. The minimum atomic E-state index is 0.000703. The third-order valence-electron chi connectivity index (χ3n) is 12.5. The molecule has 3 atom stereocenters. The second kappa shape index (κ2) is 15.4. The van der Waals surface area contributed by atoms with Crippen LogP contribution >= 0.6 is 0 Å². The third-order valence-corrected chi connectivity index (χ3v) is 12.5. The normalized spacial score (nSPS) is 16.9. The first kappa shape index (κ1) is 36.7. The van der Waals surface area contributed by atoms with Crippen LogP contribution in [0.5, 0.6) is 0 Å². The molecular weight excluding hydrogens is 757 g/mol. The molecule has 294 valence electrons. The molecule has 0 amide bonds. The van der Waals surface area contributed by atoms with Crippen LogP contribution in [0.3, 0.4) is 0 Å². The van der Waals surface area contributed by atoms with E-state index in [0.717, 1.165) is 40.5 Å². The van der Waals surface area contributed by atoms with E-state index in [-0.39, 0.29) is 18.0 Å². The number of fused-ring (bicyclic) bond motifs is 6. The van der Waals surface area contributed by atoms with Gasteiger partial charge in [-0.1, -0.05) is 91.1 Å². The van der Waals surface area contributed by atoms with Crippen LogP contribution in [0.2, 0.25) is 0 Å². The summed E-state index contributed by atoms with van der Waals surface area (Å²) < 4.78 is 2.37. The molecule has 0 bridgehead atoms. The number of allylic oxidation sites excluding steroid dienone is 2. The summed E-state index contributed by atoms with van der Waals surface area (Å²) in [5.41, 5.74) is 12.3. The zero-order valence-corrected chi connectivity index (χ0v) is 33.8. The Bertz CT molecular complexity index is 3240. The molecule has 0 saturated heterocycles. The quantitative estimate of drug-likeness (QED) is 0.153. The zero-order chi connectivity index (χ0) is 41.6. The van der Waals surface area contributed by atoms with Crippen LogP contribution in [-0.4, -0.2) is 16.7 Å². The number of rotatable bonds is 8. The molecule has 2 heterocycles. The number of para-hydroxylation sites is 3. The van der Waals surface area contributed by atoms with Crippen LogP contribution in [0.25, 0.3) is 28.7 Å². The van der Waals surface area contributed by atoms with E-state index in [1.54, 1.807) is 0 Å². The molecule has 0 N–H and O–H groups in total. The molecular formula is C56H40N6. The number of hydrogen-bond acceptors (Lipinski definition) is 5. The minimum absolute atomic E-state index is 0.000703. The fourth-order valence-electron chi connectivity index (χ4n) is 9.67. The van der Waals surface area contributed by atoms with Gasteiger partial charge < -0.3 is 19.3 Å². The Kier molecular flexibility index (Phi) is 9.11. The van der Waals surface area contributed by atoms with E-state index >= 15 is 0 Å². The summed E-state index contributed by atoms with van der Waals surface area (Å²) in [6.45, 7) is 0. The lowest BCUT2D eigenvalue weighted by Gasteiger charge is -2.33. The molecule has 3 aliphatic rings. The number of hydrogen-bond donors (Lipinski definition) is 0. The van der Waals surface area contributed by atoms with Gasteiger partial charge in [0.15, 0.2) is 0 Å². The average Bonchev–Trinajstić information content (AvgIpc) is 3.85. The standard InChI is InChI=1S/C56H40N6/c57-37-39-19-23-43(24-20-39)59(47-31-33-55-51(35-47)49-15-7-9-17-53(49)61(55)41-11-3-1-4-12-41)45-27-29-46(30-28-45)60(44-25-21-40(38-58)22-26-44)48-32-34-56-52(36-48)50-16-8-10-18-54(50)62(56)42-13-5-2-6-14-42/h1-31,33-36,48-49,53H,32H2. The van der Waals surface area contributed by atoms with Crippen LogP contribution in [0.1, 0.15) is 29.0 Å². The Morgan fingerprint density at radius 2 is 1.11 bits per heavy atom. The van der Waals surface area contributed by atoms with Crippen LogP contribution in [-0.2, 0) is 0 Å². The summed E-state index contributed by atoms with van der Waals surface area (Å²) in [4.78, 5) is 7.12. The van der Waals surface area contributed by atoms with Gasteiger partial charge in [0, 0.05) is 67.4 Å². The summed E-state index contributed by atoms with van der Waals surface area (Å²) in [6.07, 6.45) is 14.5.